The molecule has 0 radical (unpaired) electrons. The zero-order valence-corrected chi connectivity index (χ0v) is 35.1. The first-order valence-corrected chi connectivity index (χ1v) is 22.0. The van der Waals surface area contributed by atoms with Crippen LogP contribution in [-0.2, 0) is 0 Å². The zero-order valence-electron chi connectivity index (χ0n) is 35.1. The van der Waals surface area contributed by atoms with Crippen LogP contribution in [0.1, 0.15) is 0 Å². The Morgan fingerprint density at radius 2 is 0.766 bits per heavy atom. The van der Waals surface area contributed by atoms with Crippen molar-refractivity contribution in [2.24, 2.45) is 0 Å². The molecule has 0 N–H and O–H groups in total. The molecule has 64 heavy (non-hydrogen) atoms. The van der Waals surface area contributed by atoms with E-state index in [2.05, 4.69) is 264 Å². The Morgan fingerprint density at radius 3 is 1.48 bits per heavy atom. The molecule has 1 aromatic heterocycles. The third-order valence-electron chi connectivity index (χ3n) is 12.8. The Morgan fingerprint density at radius 1 is 0.250 bits per heavy atom. The molecule has 0 spiro atoms. The van der Waals surface area contributed by atoms with Crippen molar-refractivity contribution in [3.8, 4) is 50.2 Å². The monoisotopic (exact) mass is 814 g/mol. The lowest BCUT2D eigenvalue weighted by atomic mass is 9.90. The third-order valence-corrected chi connectivity index (χ3v) is 12.8. The lowest BCUT2D eigenvalue weighted by Crippen LogP contribution is -2.10. The zero-order chi connectivity index (χ0) is 42.4. The highest BCUT2D eigenvalue weighted by Gasteiger charge is 2.19. The second-order valence-electron chi connectivity index (χ2n) is 16.5. The van der Waals surface area contributed by atoms with Crippen molar-refractivity contribution in [1.29, 1.82) is 0 Å². The first-order valence-electron chi connectivity index (χ1n) is 22.0. The van der Waals surface area contributed by atoms with Crippen molar-refractivity contribution in [2.45, 2.75) is 0 Å². The van der Waals surface area contributed by atoms with Crippen molar-refractivity contribution in [3.05, 3.63) is 255 Å². The first-order chi connectivity index (χ1) is 31.7. The molecular weight excluding hydrogens is 773 g/mol. The molecule has 1 heterocycles. The van der Waals surface area contributed by atoms with Crippen molar-refractivity contribution in [1.82, 2.24) is 4.57 Å². The first kappa shape index (κ1) is 37.3. The van der Waals surface area contributed by atoms with Crippen LogP contribution in [0.5, 0.6) is 0 Å². The van der Waals surface area contributed by atoms with Gasteiger partial charge >= 0.3 is 0 Å². The number of para-hydroxylation sites is 2. The third kappa shape index (κ3) is 6.61. The van der Waals surface area contributed by atoms with Crippen LogP contribution < -0.4 is 4.90 Å². The van der Waals surface area contributed by atoms with Gasteiger partial charge < -0.3 is 9.47 Å². The molecule has 0 saturated carbocycles. The summed E-state index contributed by atoms with van der Waals surface area (Å²) in [6.45, 7) is 0. The van der Waals surface area contributed by atoms with E-state index in [0.717, 1.165) is 28.3 Å². The van der Waals surface area contributed by atoms with Crippen molar-refractivity contribution in [3.63, 3.8) is 0 Å². The summed E-state index contributed by atoms with van der Waals surface area (Å²) in [6, 6.07) is 92.8. The summed E-state index contributed by atoms with van der Waals surface area (Å²) in [6.07, 6.45) is 0. The van der Waals surface area contributed by atoms with E-state index < -0.39 is 0 Å². The van der Waals surface area contributed by atoms with Crippen molar-refractivity contribution < 1.29 is 0 Å². The van der Waals surface area contributed by atoms with Crippen LogP contribution >= 0.6 is 0 Å². The van der Waals surface area contributed by atoms with Gasteiger partial charge in [-0.2, -0.15) is 0 Å². The van der Waals surface area contributed by atoms with E-state index in [4.69, 9.17) is 0 Å². The topological polar surface area (TPSA) is 8.17 Å². The average Bonchev–Trinajstić information content (AvgIpc) is 3.71. The molecule has 0 atom stereocenters. The number of anilines is 3. The minimum Gasteiger partial charge on any atom is -0.310 e. The molecular formula is C62H42N2. The molecule has 0 unspecified atom stereocenters. The summed E-state index contributed by atoms with van der Waals surface area (Å²) in [5, 5.41) is 7.44. The highest BCUT2D eigenvalue weighted by Crippen LogP contribution is 2.44. The summed E-state index contributed by atoms with van der Waals surface area (Å²) < 4.78 is 2.41. The maximum absolute atomic E-state index is 2.41. The van der Waals surface area contributed by atoms with E-state index in [0.29, 0.717) is 0 Å². The van der Waals surface area contributed by atoms with Gasteiger partial charge in [0.2, 0.25) is 0 Å². The SMILES string of the molecule is c1ccc(-c2ccc(N(c3ccc(-c4ccc5ccccc5c4)cc3)c3ccc(-c4cccc(-n5c6ccccc6c6ccccc65)c4)c(-c4cccc5ccccc45)c3)cc2)cc1. The van der Waals surface area contributed by atoms with Gasteiger partial charge in [0.1, 0.15) is 0 Å². The quantitative estimate of drug-likeness (QED) is 0.148. The van der Waals surface area contributed by atoms with E-state index in [1.54, 1.807) is 0 Å². The van der Waals surface area contributed by atoms with E-state index in [1.807, 2.05) is 0 Å². The van der Waals surface area contributed by atoms with Crippen molar-refractivity contribution in [2.75, 3.05) is 4.90 Å². The van der Waals surface area contributed by atoms with Crippen LogP contribution in [0, 0.1) is 0 Å². The number of fused-ring (bicyclic) bond motifs is 5. The van der Waals surface area contributed by atoms with E-state index in [-0.39, 0.29) is 0 Å². The van der Waals surface area contributed by atoms with Crippen LogP contribution in [0.25, 0.3) is 93.5 Å². The molecule has 0 bridgehead atoms. The van der Waals surface area contributed by atoms with Crippen LogP contribution in [0.15, 0.2) is 255 Å². The van der Waals surface area contributed by atoms with Gasteiger partial charge in [-0.05, 0) is 133 Å². The second kappa shape index (κ2) is 15.8. The molecule has 300 valence electrons. The van der Waals surface area contributed by atoms with Gasteiger partial charge in [-0.15, -0.1) is 0 Å². The Hall–Kier alpha value is -8.46. The van der Waals surface area contributed by atoms with Gasteiger partial charge in [-0.3, -0.25) is 0 Å². The van der Waals surface area contributed by atoms with Gasteiger partial charge in [0, 0.05) is 33.5 Å². The molecule has 0 amide bonds. The molecule has 0 aliphatic carbocycles. The van der Waals surface area contributed by atoms with E-state index in [9.17, 15) is 0 Å². The van der Waals surface area contributed by atoms with Crippen molar-refractivity contribution >= 4 is 60.4 Å². The summed E-state index contributed by atoms with van der Waals surface area (Å²) in [5.41, 5.74) is 16.3. The van der Waals surface area contributed by atoms with Crippen LogP contribution in [-0.4, -0.2) is 4.57 Å². The molecule has 0 aliphatic heterocycles. The number of rotatable bonds is 8. The number of aromatic nitrogens is 1. The molecule has 2 heteroatoms. The summed E-state index contributed by atoms with van der Waals surface area (Å²) in [7, 11) is 0. The van der Waals surface area contributed by atoms with Crippen LogP contribution in [0.3, 0.4) is 0 Å². The predicted octanol–water partition coefficient (Wildman–Crippen LogP) is 17.2. The Kier molecular flexibility index (Phi) is 9.20. The fraction of sp³-hybridized carbons (Fsp3) is 0. The minimum absolute atomic E-state index is 1.08. The van der Waals surface area contributed by atoms with Crippen LogP contribution in [0.4, 0.5) is 17.1 Å². The molecule has 0 aliphatic rings. The molecule has 12 aromatic rings. The Bertz CT molecular complexity index is 3600. The van der Waals surface area contributed by atoms with Gasteiger partial charge in [0.25, 0.3) is 0 Å². The maximum Gasteiger partial charge on any atom is 0.0541 e. The summed E-state index contributed by atoms with van der Waals surface area (Å²) in [4.78, 5) is 2.39. The molecule has 0 saturated heterocycles. The highest BCUT2D eigenvalue weighted by molar-refractivity contribution is 6.09. The number of benzene rings is 11. The number of hydrogen-bond acceptors (Lipinski definition) is 1. The standard InChI is InChI=1S/C62H42N2/c1-2-14-43(15-3-1)45-30-34-51(35-31-45)63(52-36-32-46(33-37-52)49-29-28-44-16-4-5-18-48(44)40-49)54-38-39-56(60(42-54)57-25-13-19-47-17-6-7-22-55(47)57)50-20-12-21-53(41-50)64-61-26-10-8-23-58(61)59-24-9-11-27-62(59)64/h1-42H. The molecule has 2 nitrogen and oxygen atoms in total. The summed E-state index contributed by atoms with van der Waals surface area (Å²) in [5.74, 6) is 0. The fourth-order valence-electron chi connectivity index (χ4n) is 9.67. The molecule has 11 aromatic carbocycles. The molecule has 12 rings (SSSR count). The largest absolute Gasteiger partial charge is 0.310 e. The highest BCUT2D eigenvalue weighted by atomic mass is 15.1. The lowest BCUT2D eigenvalue weighted by Gasteiger charge is -2.27. The lowest BCUT2D eigenvalue weighted by molar-refractivity contribution is 1.18. The smallest absolute Gasteiger partial charge is 0.0541 e. The maximum atomic E-state index is 2.41. The van der Waals surface area contributed by atoms with E-state index in [1.165, 1.54) is 82.3 Å². The predicted molar refractivity (Wildman–Crippen MR) is 272 cm³/mol. The molecule has 0 fully saturated rings. The van der Waals surface area contributed by atoms with E-state index >= 15 is 0 Å². The number of hydrogen-bond donors (Lipinski definition) is 0. The normalized spacial score (nSPS) is 11.4. The minimum atomic E-state index is 1.08. The number of nitrogens with zero attached hydrogens (tertiary/aromatic N) is 2. The Balaban J connectivity index is 1.03. The van der Waals surface area contributed by atoms with Crippen LogP contribution in [0.2, 0.25) is 0 Å². The Labute approximate surface area is 373 Å². The van der Waals surface area contributed by atoms with Gasteiger partial charge in [-0.1, -0.05) is 188 Å². The second-order valence-corrected chi connectivity index (χ2v) is 16.5. The van der Waals surface area contributed by atoms with Gasteiger partial charge in [0.15, 0.2) is 0 Å². The van der Waals surface area contributed by atoms with Gasteiger partial charge in [0.05, 0.1) is 11.0 Å². The average molecular weight is 815 g/mol. The summed E-state index contributed by atoms with van der Waals surface area (Å²) >= 11 is 0. The fourth-order valence-corrected chi connectivity index (χ4v) is 9.67. The van der Waals surface area contributed by atoms with Gasteiger partial charge in [-0.25, -0.2) is 0 Å².